The minimum absolute atomic E-state index is 0.0466. The van der Waals surface area contributed by atoms with Crippen molar-refractivity contribution in [1.29, 1.82) is 0 Å². The summed E-state index contributed by atoms with van der Waals surface area (Å²) in [4.78, 5) is 26.8. The highest BCUT2D eigenvalue weighted by atomic mass is 16.6. The second-order valence-corrected chi connectivity index (χ2v) is 5.32. The summed E-state index contributed by atoms with van der Waals surface area (Å²) in [6.07, 6.45) is 4.56. The van der Waals surface area contributed by atoms with Gasteiger partial charge in [-0.3, -0.25) is 14.9 Å². The van der Waals surface area contributed by atoms with Crippen molar-refractivity contribution >= 4 is 11.6 Å². The molecule has 1 aliphatic rings. The van der Waals surface area contributed by atoms with Gasteiger partial charge in [0.05, 0.1) is 4.92 Å². The molecule has 0 unspecified atom stereocenters. The van der Waals surface area contributed by atoms with Crippen LogP contribution in [0, 0.1) is 10.1 Å². The summed E-state index contributed by atoms with van der Waals surface area (Å²) in [7, 11) is 0. The van der Waals surface area contributed by atoms with Crippen LogP contribution < -0.4 is 10.6 Å². The summed E-state index contributed by atoms with van der Waals surface area (Å²) >= 11 is 0. The number of benzene rings is 1. The Balaban J connectivity index is 1.84. The van der Waals surface area contributed by atoms with E-state index in [-0.39, 0.29) is 28.9 Å². The van der Waals surface area contributed by atoms with Gasteiger partial charge in [-0.1, -0.05) is 0 Å². The van der Waals surface area contributed by atoms with Gasteiger partial charge >= 0.3 is 0 Å². The molecular weight excluding hydrogens is 300 g/mol. The molecule has 0 bridgehead atoms. The fraction of sp³-hybridized carbons (Fsp3) is 0.357. The van der Waals surface area contributed by atoms with E-state index in [9.17, 15) is 14.9 Å². The topological polar surface area (TPSA) is 115 Å². The lowest BCUT2D eigenvalue weighted by Gasteiger charge is -2.23. The Morgan fingerprint density at radius 1 is 1.48 bits per heavy atom. The molecule has 1 aromatic heterocycles. The lowest BCUT2D eigenvalue weighted by Crippen LogP contribution is -2.45. The number of hydrogen-bond acceptors (Lipinski definition) is 6. The molecule has 0 spiro atoms. The number of piperidine rings is 1. The van der Waals surface area contributed by atoms with Gasteiger partial charge in [0, 0.05) is 24.2 Å². The van der Waals surface area contributed by atoms with E-state index in [0.717, 1.165) is 19.4 Å². The predicted molar refractivity (Wildman–Crippen MR) is 81.4 cm³/mol. The molecule has 0 radical (unpaired) electrons. The molecular formula is C14H16N6O3. The summed E-state index contributed by atoms with van der Waals surface area (Å²) in [6, 6.07) is 4.37. The molecule has 1 amide bonds. The molecule has 2 heterocycles. The molecule has 2 aromatic rings. The average Bonchev–Trinajstić information content (AvgIpc) is 3.09. The molecule has 0 aliphatic carbocycles. The maximum absolute atomic E-state index is 12.3. The second-order valence-electron chi connectivity index (χ2n) is 5.32. The zero-order valence-electron chi connectivity index (χ0n) is 12.3. The Hall–Kier alpha value is -2.81. The van der Waals surface area contributed by atoms with Crippen molar-refractivity contribution in [3.8, 4) is 5.69 Å². The fourth-order valence-corrected chi connectivity index (χ4v) is 2.58. The van der Waals surface area contributed by atoms with Crippen LogP contribution >= 0.6 is 0 Å². The number of carbonyl (C=O) groups is 1. The van der Waals surface area contributed by atoms with Crippen LogP contribution in [0.4, 0.5) is 5.69 Å². The maximum atomic E-state index is 12.3. The average molecular weight is 316 g/mol. The van der Waals surface area contributed by atoms with Crippen LogP contribution in [-0.4, -0.2) is 44.7 Å². The van der Waals surface area contributed by atoms with Crippen LogP contribution in [0.3, 0.4) is 0 Å². The zero-order valence-corrected chi connectivity index (χ0v) is 12.3. The Labute approximate surface area is 131 Å². The molecule has 1 aromatic carbocycles. The Morgan fingerprint density at radius 2 is 2.35 bits per heavy atom. The van der Waals surface area contributed by atoms with E-state index in [1.54, 1.807) is 6.07 Å². The van der Waals surface area contributed by atoms with Crippen LogP contribution in [0.15, 0.2) is 30.9 Å². The molecule has 0 saturated carbocycles. The third kappa shape index (κ3) is 3.34. The largest absolute Gasteiger partial charge is 0.348 e. The molecule has 120 valence electrons. The number of nitro benzene ring substituents is 1. The molecule has 3 rings (SSSR count). The van der Waals surface area contributed by atoms with E-state index in [0.29, 0.717) is 6.54 Å². The van der Waals surface area contributed by atoms with Crippen LogP contribution in [0.1, 0.15) is 23.2 Å². The normalized spacial score (nSPS) is 17.7. The van der Waals surface area contributed by atoms with Crippen molar-refractivity contribution in [1.82, 2.24) is 25.4 Å². The van der Waals surface area contributed by atoms with Gasteiger partial charge in [-0.2, -0.15) is 5.10 Å². The van der Waals surface area contributed by atoms with Crippen molar-refractivity contribution in [2.75, 3.05) is 13.1 Å². The first-order valence-corrected chi connectivity index (χ1v) is 7.30. The van der Waals surface area contributed by atoms with Crippen LogP contribution in [0.5, 0.6) is 0 Å². The van der Waals surface area contributed by atoms with Crippen LogP contribution in [0.25, 0.3) is 5.69 Å². The van der Waals surface area contributed by atoms with Crippen molar-refractivity contribution in [3.05, 3.63) is 46.5 Å². The first-order valence-electron chi connectivity index (χ1n) is 7.30. The van der Waals surface area contributed by atoms with Gasteiger partial charge in [-0.15, -0.1) is 0 Å². The smallest absolute Gasteiger partial charge is 0.295 e. The lowest BCUT2D eigenvalue weighted by molar-refractivity contribution is -0.384. The Morgan fingerprint density at radius 3 is 3.00 bits per heavy atom. The Bertz CT molecular complexity index is 709. The molecule has 1 atom stereocenters. The summed E-state index contributed by atoms with van der Waals surface area (Å²) in [5, 5.41) is 21.3. The standard InChI is InChI=1S/C14H16N6O3/c21-14(18-11-2-1-5-15-7-11)10-3-4-12(13(6-10)20(22)23)19-9-16-8-17-19/h3-4,6,8-9,11,15H,1-2,5,7H2,(H,18,21)/t11-/m0/s1. The maximum Gasteiger partial charge on any atom is 0.295 e. The molecule has 9 heteroatoms. The van der Waals surface area contributed by atoms with Gasteiger partial charge in [0.1, 0.15) is 18.3 Å². The van der Waals surface area contributed by atoms with Crippen molar-refractivity contribution < 1.29 is 9.72 Å². The number of aromatic nitrogens is 3. The molecule has 23 heavy (non-hydrogen) atoms. The van der Waals surface area contributed by atoms with Gasteiger partial charge in [0.15, 0.2) is 0 Å². The van der Waals surface area contributed by atoms with E-state index < -0.39 is 4.92 Å². The van der Waals surface area contributed by atoms with Crippen LogP contribution in [-0.2, 0) is 0 Å². The minimum atomic E-state index is -0.532. The number of rotatable bonds is 4. The second kappa shape index (κ2) is 6.53. The highest BCUT2D eigenvalue weighted by molar-refractivity contribution is 5.95. The summed E-state index contributed by atoms with van der Waals surface area (Å²) in [6.45, 7) is 1.66. The van der Waals surface area contributed by atoms with E-state index in [1.165, 1.54) is 29.5 Å². The molecule has 1 saturated heterocycles. The lowest BCUT2D eigenvalue weighted by atomic mass is 10.1. The van der Waals surface area contributed by atoms with E-state index in [4.69, 9.17) is 0 Å². The third-order valence-corrected chi connectivity index (χ3v) is 3.73. The summed E-state index contributed by atoms with van der Waals surface area (Å²) in [5.41, 5.74) is 0.333. The number of nitro groups is 1. The fourth-order valence-electron chi connectivity index (χ4n) is 2.58. The van der Waals surface area contributed by atoms with Gasteiger partial charge in [-0.05, 0) is 31.5 Å². The van der Waals surface area contributed by atoms with Gasteiger partial charge in [0.25, 0.3) is 11.6 Å². The number of nitrogens with one attached hydrogen (secondary N) is 2. The summed E-state index contributed by atoms with van der Waals surface area (Å²) < 4.78 is 1.30. The van der Waals surface area contributed by atoms with Crippen molar-refractivity contribution in [2.45, 2.75) is 18.9 Å². The number of nitrogens with zero attached hydrogens (tertiary/aromatic N) is 4. The van der Waals surface area contributed by atoms with Crippen molar-refractivity contribution in [2.24, 2.45) is 0 Å². The number of amides is 1. The quantitative estimate of drug-likeness (QED) is 0.632. The third-order valence-electron chi connectivity index (χ3n) is 3.73. The summed E-state index contributed by atoms with van der Waals surface area (Å²) in [5.74, 6) is -0.313. The van der Waals surface area contributed by atoms with Crippen LogP contribution in [0.2, 0.25) is 0 Å². The zero-order chi connectivity index (χ0) is 16.2. The molecule has 9 nitrogen and oxygen atoms in total. The van der Waals surface area contributed by atoms with Gasteiger partial charge in [-0.25, -0.2) is 9.67 Å². The monoisotopic (exact) mass is 316 g/mol. The first-order chi connectivity index (χ1) is 11.1. The predicted octanol–water partition coefficient (Wildman–Crippen LogP) is 0.657. The first kappa shape index (κ1) is 15.1. The minimum Gasteiger partial charge on any atom is -0.348 e. The van der Waals surface area contributed by atoms with E-state index in [2.05, 4.69) is 20.7 Å². The highest BCUT2D eigenvalue weighted by Gasteiger charge is 2.21. The SMILES string of the molecule is O=C(N[C@H]1CCCNC1)c1ccc(-n2cncn2)c([N+](=O)[O-])c1. The van der Waals surface area contributed by atoms with E-state index in [1.807, 2.05) is 0 Å². The highest BCUT2D eigenvalue weighted by Crippen LogP contribution is 2.23. The number of hydrogen-bond donors (Lipinski definition) is 2. The number of carbonyl (C=O) groups excluding carboxylic acids is 1. The van der Waals surface area contributed by atoms with Crippen molar-refractivity contribution in [3.63, 3.8) is 0 Å². The Kier molecular flexibility index (Phi) is 4.29. The molecule has 2 N–H and O–H groups in total. The molecule has 1 aliphatic heterocycles. The van der Waals surface area contributed by atoms with E-state index >= 15 is 0 Å². The van der Waals surface area contributed by atoms with Gasteiger partial charge in [0.2, 0.25) is 0 Å². The van der Waals surface area contributed by atoms with Gasteiger partial charge < -0.3 is 10.6 Å². The molecule has 1 fully saturated rings.